The van der Waals surface area contributed by atoms with E-state index in [4.69, 9.17) is 10.2 Å². The third-order valence-electron chi connectivity index (χ3n) is 3.56. The van der Waals surface area contributed by atoms with Gasteiger partial charge >= 0.3 is 11.9 Å². The van der Waals surface area contributed by atoms with Crippen LogP contribution in [0.1, 0.15) is 47.5 Å². The maximum Gasteiger partial charge on any atom is 0.307 e. The summed E-state index contributed by atoms with van der Waals surface area (Å²) in [6.07, 6.45) is 0.0625. The van der Waals surface area contributed by atoms with E-state index < -0.39 is 17.9 Å². The van der Waals surface area contributed by atoms with Gasteiger partial charge in [0.1, 0.15) is 0 Å². The molecule has 0 heterocycles. The van der Waals surface area contributed by atoms with Gasteiger partial charge in [0.15, 0.2) is 0 Å². The Morgan fingerprint density at radius 1 is 1.00 bits per heavy atom. The molecule has 1 atom stereocenters. The van der Waals surface area contributed by atoms with Crippen LogP contribution in [0.25, 0.3) is 0 Å². The second kappa shape index (κ2) is 8.56. The van der Waals surface area contributed by atoms with Crippen molar-refractivity contribution in [2.45, 2.75) is 47.5 Å². The van der Waals surface area contributed by atoms with Crippen molar-refractivity contribution < 1.29 is 64.6 Å². The third-order valence-corrected chi connectivity index (χ3v) is 3.56. The zero-order chi connectivity index (χ0) is 13.1. The molecule has 0 aliphatic rings. The Hall–Kier alpha value is 0.421. The van der Waals surface area contributed by atoms with E-state index in [0.717, 1.165) is 0 Å². The molecule has 116 valence electrons. The van der Waals surface area contributed by atoms with Crippen molar-refractivity contribution in [2.75, 3.05) is 0 Å². The number of carboxylic acids is 2. The summed E-state index contributed by atoms with van der Waals surface area (Å²) in [5.41, 5.74) is -0.273. The summed E-state index contributed by atoms with van der Waals surface area (Å²) in [6, 6.07) is 0. The van der Waals surface area contributed by atoms with Crippen molar-refractivity contribution in [3.05, 3.63) is 0 Å². The first kappa shape index (κ1) is 23.5. The van der Waals surface area contributed by atoms with Crippen LogP contribution in [0, 0.1) is 16.7 Å². The average Bonchev–Trinajstić information content (AvgIpc) is 1.98. The molecule has 0 saturated carbocycles. The van der Waals surface area contributed by atoms with Crippen molar-refractivity contribution in [1.29, 1.82) is 0 Å². The molecular formula is C12H22Ag2O4. The first-order valence-corrected chi connectivity index (χ1v) is 5.42. The molecule has 0 bridgehead atoms. The van der Waals surface area contributed by atoms with E-state index in [-0.39, 0.29) is 62.0 Å². The van der Waals surface area contributed by atoms with Crippen LogP contribution in [0.15, 0.2) is 0 Å². The SMILES string of the molecule is CC(C)(C)C(C)(C)CC(CC(=O)O)C(=O)O.[Ag].[Ag]. The summed E-state index contributed by atoms with van der Waals surface area (Å²) in [5, 5.41) is 17.7. The molecule has 1 unspecified atom stereocenters. The Balaban J connectivity index is -0.00000112. The molecule has 0 aromatic heterocycles. The van der Waals surface area contributed by atoms with E-state index in [2.05, 4.69) is 0 Å². The van der Waals surface area contributed by atoms with Gasteiger partial charge < -0.3 is 10.2 Å². The molecular weight excluding hydrogens is 424 g/mol. The predicted octanol–water partition coefficient (Wildman–Crippen LogP) is 2.62. The van der Waals surface area contributed by atoms with Crippen LogP contribution in [0.3, 0.4) is 0 Å². The van der Waals surface area contributed by atoms with E-state index in [0.29, 0.717) is 6.42 Å². The van der Waals surface area contributed by atoms with Crippen LogP contribution >= 0.6 is 0 Å². The molecule has 0 aliphatic carbocycles. The maximum absolute atomic E-state index is 11.0. The first-order chi connectivity index (χ1) is 6.97. The molecule has 0 aliphatic heterocycles. The predicted molar refractivity (Wildman–Crippen MR) is 61.2 cm³/mol. The summed E-state index contributed by atoms with van der Waals surface area (Å²) in [7, 11) is 0. The zero-order valence-electron chi connectivity index (χ0n) is 11.3. The molecule has 0 spiro atoms. The standard InChI is InChI=1S/C12H22O4.2Ag/c1-11(2,3)12(4,5)7-8(10(15)16)6-9(13)14;;/h8H,6-7H2,1-5H3,(H,13,14)(H,15,16);;. The van der Waals surface area contributed by atoms with Gasteiger partial charge in [-0.1, -0.05) is 34.6 Å². The van der Waals surface area contributed by atoms with Crippen LogP contribution in [-0.4, -0.2) is 22.2 Å². The van der Waals surface area contributed by atoms with E-state index in [1.54, 1.807) is 0 Å². The number of aliphatic carboxylic acids is 2. The van der Waals surface area contributed by atoms with Gasteiger partial charge in [-0.3, -0.25) is 9.59 Å². The maximum atomic E-state index is 11.0. The summed E-state index contributed by atoms with van der Waals surface area (Å²) < 4.78 is 0. The van der Waals surface area contributed by atoms with Gasteiger partial charge in [-0.25, -0.2) is 0 Å². The summed E-state index contributed by atoms with van der Waals surface area (Å²) >= 11 is 0. The minimum absolute atomic E-state index is 0. The van der Waals surface area contributed by atoms with Crippen LogP contribution in [-0.2, 0) is 54.3 Å². The first-order valence-electron chi connectivity index (χ1n) is 5.42. The van der Waals surface area contributed by atoms with Crippen molar-refractivity contribution in [2.24, 2.45) is 16.7 Å². The number of hydrogen-bond acceptors (Lipinski definition) is 2. The Morgan fingerprint density at radius 3 is 1.61 bits per heavy atom. The molecule has 0 aromatic rings. The fraction of sp³-hybridized carbons (Fsp3) is 0.833. The molecule has 0 rings (SSSR count). The average molecular weight is 446 g/mol. The van der Waals surface area contributed by atoms with Crippen molar-refractivity contribution >= 4 is 11.9 Å². The quantitative estimate of drug-likeness (QED) is 0.638. The largest absolute Gasteiger partial charge is 0.481 e. The second-order valence-corrected chi connectivity index (χ2v) is 5.97. The van der Waals surface area contributed by atoms with Crippen molar-refractivity contribution in [3.63, 3.8) is 0 Å². The monoisotopic (exact) mass is 444 g/mol. The summed E-state index contributed by atoms with van der Waals surface area (Å²) in [6.45, 7) is 10.1. The number of rotatable bonds is 5. The second-order valence-electron chi connectivity index (χ2n) is 5.97. The Kier molecular flexibility index (Phi) is 11.2. The Morgan fingerprint density at radius 2 is 1.39 bits per heavy atom. The molecule has 0 fully saturated rings. The smallest absolute Gasteiger partial charge is 0.307 e. The van der Waals surface area contributed by atoms with E-state index >= 15 is 0 Å². The molecule has 18 heavy (non-hydrogen) atoms. The third kappa shape index (κ3) is 7.77. The fourth-order valence-corrected chi connectivity index (χ4v) is 1.38. The molecule has 6 heteroatoms. The normalized spacial score (nSPS) is 12.9. The van der Waals surface area contributed by atoms with Crippen LogP contribution in [0.4, 0.5) is 0 Å². The van der Waals surface area contributed by atoms with Crippen molar-refractivity contribution in [1.82, 2.24) is 0 Å². The van der Waals surface area contributed by atoms with Gasteiger partial charge in [-0.05, 0) is 17.3 Å². The topological polar surface area (TPSA) is 74.6 Å². The molecule has 0 saturated heterocycles. The minimum atomic E-state index is -1.06. The Labute approximate surface area is 140 Å². The van der Waals surface area contributed by atoms with Gasteiger partial charge in [0.2, 0.25) is 0 Å². The molecule has 2 radical (unpaired) electrons. The summed E-state index contributed by atoms with van der Waals surface area (Å²) in [4.78, 5) is 21.6. The van der Waals surface area contributed by atoms with Gasteiger partial charge in [0.05, 0.1) is 12.3 Å². The van der Waals surface area contributed by atoms with Gasteiger partial charge in [0, 0.05) is 44.8 Å². The fourth-order valence-electron chi connectivity index (χ4n) is 1.38. The van der Waals surface area contributed by atoms with Crippen LogP contribution in [0.2, 0.25) is 0 Å². The molecule has 0 aromatic carbocycles. The Bertz CT molecular complexity index is 282. The van der Waals surface area contributed by atoms with Gasteiger partial charge in [0.25, 0.3) is 0 Å². The molecule has 0 amide bonds. The van der Waals surface area contributed by atoms with E-state index in [1.165, 1.54) is 0 Å². The van der Waals surface area contributed by atoms with E-state index in [9.17, 15) is 9.59 Å². The summed E-state index contributed by atoms with van der Waals surface area (Å²) in [5.74, 6) is -2.90. The van der Waals surface area contributed by atoms with Gasteiger partial charge in [-0.2, -0.15) is 0 Å². The number of hydrogen-bond donors (Lipinski definition) is 2. The molecule has 2 N–H and O–H groups in total. The van der Waals surface area contributed by atoms with Crippen molar-refractivity contribution in [3.8, 4) is 0 Å². The van der Waals surface area contributed by atoms with E-state index in [1.807, 2.05) is 34.6 Å². The zero-order valence-corrected chi connectivity index (χ0v) is 14.3. The van der Waals surface area contributed by atoms with Crippen LogP contribution in [0.5, 0.6) is 0 Å². The van der Waals surface area contributed by atoms with Crippen LogP contribution < -0.4 is 0 Å². The van der Waals surface area contributed by atoms with Gasteiger partial charge in [-0.15, -0.1) is 0 Å². The molecule has 4 nitrogen and oxygen atoms in total. The number of carbonyl (C=O) groups is 2. The minimum Gasteiger partial charge on any atom is -0.481 e. The number of carboxylic acid groups (broad SMARTS) is 2.